The summed E-state index contributed by atoms with van der Waals surface area (Å²) in [6.45, 7) is 11.4. The van der Waals surface area contributed by atoms with E-state index in [1.54, 1.807) is 4.90 Å². The van der Waals surface area contributed by atoms with E-state index in [0.717, 1.165) is 24.8 Å². The molecule has 2 fully saturated rings. The van der Waals surface area contributed by atoms with Gasteiger partial charge >= 0.3 is 12.1 Å². The third-order valence-electron chi connectivity index (χ3n) is 7.28. The Hall–Kier alpha value is -1.86. The Morgan fingerprint density at radius 1 is 1.10 bits per heavy atom. The SMILES string of the molecule is COC(=O)[C@@H]1C[C@@H]2CC[C@@H](O[Si](C)(C)C(C)(C)C)C[C@@H]2N1C(=O)OCc1ccccc1. The van der Waals surface area contributed by atoms with Crippen LogP contribution in [-0.4, -0.2) is 50.6 Å². The number of nitrogens with zero attached hydrogens (tertiary/aromatic N) is 1. The topological polar surface area (TPSA) is 65.1 Å². The van der Waals surface area contributed by atoms with Gasteiger partial charge in [-0.1, -0.05) is 51.1 Å². The lowest BCUT2D eigenvalue weighted by molar-refractivity contribution is -0.145. The number of carbonyl (C=O) groups excluding carboxylic acids is 2. The Morgan fingerprint density at radius 3 is 2.39 bits per heavy atom. The summed E-state index contributed by atoms with van der Waals surface area (Å²) in [5.74, 6) is -0.0967. The molecule has 4 atom stereocenters. The molecule has 6 nitrogen and oxygen atoms in total. The smallest absolute Gasteiger partial charge is 0.411 e. The highest BCUT2D eigenvalue weighted by molar-refractivity contribution is 6.74. The minimum atomic E-state index is -1.92. The summed E-state index contributed by atoms with van der Waals surface area (Å²) in [6, 6.07) is 8.94. The molecule has 172 valence electrons. The summed E-state index contributed by atoms with van der Waals surface area (Å²) in [5, 5.41) is 0.127. The predicted octanol–water partition coefficient (Wildman–Crippen LogP) is 5.13. The number of carbonyl (C=O) groups is 2. The molecule has 0 bridgehead atoms. The van der Waals surface area contributed by atoms with Gasteiger partial charge in [-0.05, 0) is 55.3 Å². The zero-order chi connectivity index (χ0) is 22.8. The summed E-state index contributed by atoms with van der Waals surface area (Å²) >= 11 is 0. The first-order valence-electron chi connectivity index (χ1n) is 11.3. The van der Waals surface area contributed by atoms with E-state index in [2.05, 4.69) is 33.9 Å². The molecule has 0 radical (unpaired) electrons. The van der Waals surface area contributed by atoms with E-state index in [1.807, 2.05) is 30.3 Å². The molecular weight excluding hydrogens is 410 g/mol. The molecule has 1 aromatic rings. The van der Waals surface area contributed by atoms with Crippen LogP contribution in [0.1, 0.15) is 52.0 Å². The Balaban J connectivity index is 1.74. The van der Waals surface area contributed by atoms with Crippen LogP contribution in [0.3, 0.4) is 0 Å². The van der Waals surface area contributed by atoms with Crippen molar-refractivity contribution in [2.45, 2.75) is 89.4 Å². The summed E-state index contributed by atoms with van der Waals surface area (Å²) in [5.41, 5.74) is 0.920. The third-order valence-corrected chi connectivity index (χ3v) is 11.8. The Labute approximate surface area is 187 Å². The van der Waals surface area contributed by atoms with Gasteiger partial charge in [0, 0.05) is 12.1 Å². The van der Waals surface area contributed by atoms with Crippen molar-refractivity contribution in [2.24, 2.45) is 5.92 Å². The van der Waals surface area contributed by atoms with Crippen molar-refractivity contribution in [3.63, 3.8) is 0 Å². The van der Waals surface area contributed by atoms with Crippen LogP contribution < -0.4 is 0 Å². The molecule has 0 N–H and O–H groups in total. The number of amides is 1. The zero-order valence-electron chi connectivity index (χ0n) is 19.7. The summed E-state index contributed by atoms with van der Waals surface area (Å²) < 4.78 is 17.3. The average molecular weight is 448 g/mol. The molecule has 31 heavy (non-hydrogen) atoms. The molecule has 7 heteroatoms. The normalized spacial score (nSPS) is 26.3. The van der Waals surface area contributed by atoms with Crippen LogP contribution in [0.5, 0.6) is 0 Å². The predicted molar refractivity (Wildman–Crippen MR) is 122 cm³/mol. The number of hydrogen-bond acceptors (Lipinski definition) is 5. The molecule has 2 aliphatic rings. The monoisotopic (exact) mass is 447 g/mol. The van der Waals surface area contributed by atoms with Gasteiger partial charge in [-0.3, -0.25) is 4.90 Å². The van der Waals surface area contributed by atoms with Crippen LogP contribution in [0, 0.1) is 5.92 Å². The average Bonchev–Trinajstić information content (AvgIpc) is 3.10. The van der Waals surface area contributed by atoms with Gasteiger partial charge in [-0.15, -0.1) is 0 Å². The fourth-order valence-corrected chi connectivity index (χ4v) is 5.92. The highest BCUT2D eigenvalue weighted by Gasteiger charge is 2.51. The lowest BCUT2D eigenvalue weighted by Crippen LogP contribution is -2.51. The second-order valence-corrected chi connectivity index (χ2v) is 15.1. The van der Waals surface area contributed by atoms with Gasteiger partial charge in [0.2, 0.25) is 0 Å². The van der Waals surface area contributed by atoms with Crippen molar-refractivity contribution in [1.29, 1.82) is 0 Å². The minimum absolute atomic E-state index is 0.0594. The van der Waals surface area contributed by atoms with E-state index < -0.39 is 20.5 Å². The van der Waals surface area contributed by atoms with Crippen LogP contribution >= 0.6 is 0 Å². The highest BCUT2D eigenvalue weighted by atomic mass is 28.4. The summed E-state index contributed by atoms with van der Waals surface area (Å²) in [6.07, 6.45) is 2.94. The van der Waals surface area contributed by atoms with Crippen LogP contribution in [0.2, 0.25) is 18.1 Å². The lowest BCUT2D eigenvalue weighted by atomic mass is 9.83. The number of methoxy groups -OCH3 is 1. The van der Waals surface area contributed by atoms with Crippen molar-refractivity contribution in [2.75, 3.05) is 7.11 Å². The van der Waals surface area contributed by atoms with Crippen LogP contribution in [0.4, 0.5) is 4.79 Å². The summed E-state index contributed by atoms with van der Waals surface area (Å²) in [4.78, 5) is 27.3. The molecule has 1 saturated heterocycles. The van der Waals surface area contributed by atoms with Gasteiger partial charge in [-0.2, -0.15) is 0 Å². The molecule has 1 saturated carbocycles. The quantitative estimate of drug-likeness (QED) is 0.462. The van der Waals surface area contributed by atoms with Crippen LogP contribution in [0.25, 0.3) is 0 Å². The van der Waals surface area contributed by atoms with Gasteiger partial charge in [0.25, 0.3) is 0 Å². The lowest BCUT2D eigenvalue weighted by Gasteiger charge is -2.43. The number of likely N-dealkylation sites (tertiary alicyclic amines) is 1. The third kappa shape index (κ3) is 5.31. The molecule has 1 amide bonds. The maximum atomic E-state index is 13.1. The Kier molecular flexibility index (Phi) is 7.16. The molecule has 1 aliphatic heterocycles. The maximum Gasteiger partial charge on any atom is 0.411 e. The van der Waals surface area contributed by atoms with Crippen molar-refractivity contribution < 1.29 is 23.5 Å². The second-order valence-electron chi connectivity index (χ2n) is 10.4. The van der Waals surface area contributed by atoms with Gasteiger partial charge < -0.3 is 13.9 Å². The van der Waals surface area contributed by atoms with Crippen LogP contribution in [0.15, 0.2) is 30.3 Å². The van der Waals surface area contributed by atoms with Crippen molar-refractivity contribution in [3.8, 4) is 0 Å². The van der Waals surface area contributed by atoms with E-state index in [9.17, 15) is 9.59 Å². The molecule has 1 aliphatic carbocycles. The van der Waals surface area contributed by atoms with Gasteiger partial charge in [0.15, 0.2) is 8.32 Å². The maximum absolute atomic E-state index is 13.1. The van der Waals surface area contributed by atoms with E-state index >= 15 is 0 Å². The molecule has 0 aromatic heterocycles. The molecule has 3 rings (SSSR count). The summed E-state index contributed by atoms with van der Waals surface area (Å²) in [7, 11) is -0.541. The standard InChI is InChI=1S/C24H37NO5Si/c1-24(2,3)31(5,6)30-19-13-12-18-14-21(22(26)28-4)25(20(18)15-19)23(27)29-16-17-10-8-7-9-11-17/h7-11,18-21H,12-16H2,1-6H3/t18-,19+,20-,21-/m0/s1. The zero-order valence-corrected chi connectivity index (χ0v) is 20.7. The van der Waals surface area contributed by atoms with E-state index in [-0.39, 0.29) is 35.7 Å². The highest BCUT2D eigenvalue weighted by Crippen LogP contribution is 2.44. The number of rotatable bonds is 5. The molecule has 0 unspecified atom stereocenters. The number of benzene rings is 1. The molecule has 1 heterocycles. The van der Waals surface area contributed by atoms with Crippen molar-refractivity contribution >= 4 is 20.4 Å². The Bertz CT molecular complexity index is 776. The first-order valence-corrected chi connectivity index (χ1v) is 14.2. The molecule has 0 spiro atoms. The van der Waals surface area contributed by atoms with Gasteiger partial charge in [0.1, 0.15) is 12.6 Å². The first kappa shape index (κ1) is 23.8. The molecular formula is C24H37NO5Si. The number of esters is 1. The van der Waals surface area contributed by atoms with E-state index in [4.69, 9.17) is 13.9 Å². The number of hydrogen-bond donors (Lipinski definition) is 0. The van der Waals surface area contributed by atoms with E-state index in [0.29, 0.717) is 6.42 Å². The van der Waals surface area contributed by atoms with Crippen molar-refractivity contribution in [3.05, 3.63) is 35.9 Å². The largest absolute Gasteiger partial charge is 0.467 e. The number of ether oxygens (including phenoxy) is 2. The fourth-order valence-electron chi connectivity index (χ4n) is 4.52. The number of fused-ring (bicyclic) bond motifs is 1. The van der Waals surface area contributed by atoms with E-state index in [1.165, 1.54) is 7.11 Å². The van der Waals surface area contributed by atoms with Gasteiger partial charge in [0.05, 0.1) is 7.11 Å². The first-order chi connectivity index (χ1) is 14.5. The van der Waals surface area contributed by atoms with Crippen LogP contribution in [-0.2, 0) is 25.3 Å². The van der Waals surface area contributed by atoms with Gasteiger partial charge in [-0.25, -0.2) is 9.59 Å². The van der Waals surface area contributed by atoms with Crippen molar-refractivity contribution in [1.82, 2.24) is 4.90 Å². The second kappa shape index (κ2) is 9.33. The fraction of sp³-hybridized carbons (Fsp3) is 0.667. The minimum Gasteiger partial charge on any atom is -0.467 e. The molecule has 1 aromatic carbocycles. The Morgan fingerprint density at radius 2 is 1.77 bits per heavy atom.